The van der Waals surface area contributed by atoms with E-state index in [1.165, 1.54) is 6.92 Å². The topological polar surface area (TPSA) is 46.6 Å². The van der Waals surface area contributed by atoms with Gasteiger partial charge in [0.05, 0.1) is 6.61 Å². The third kappa shape index (κ3) is 4.46. The van der Waals surface area contributed by atoms with Crippen LogP contribution in [0.2, 0.25) is 0 Å². The highest BCUT2D eigenvalue weighted by atomic mass is 16.5. The Hall–Kier alpha value is -0.900. The van der Waals surface area contributed by atoms with Crippen molar-refractivity contribution in [2.75, 3.05) is 26.7 Å². The lowest BCUT2D eigenvalue weighted by Gasteiger charge is -2.30. The molecular weight excluding hydrogens is 218 g/mol. The quantitative estimate of drug-likeness (QED) is 0.540. The van der Waals surface area contributed by atoms with Crippen LogP contribution >= 0.6 is 0 Å². The fourth-order valence-corrected chi connectivity index (χ4v) is 2.30. The van der Waals surface area contributed by atoms with Crippen LogP contribution in [0.4, 0.5) is 0 Å². The number of esters is 1. The highest BCUT2D eigenvalue weighted by Gasteiger charge is 2.29. The van der Waals surface area contributed by atoms with Crippen LogP contribution in [0, 0.1) is 11.8 Å². The molecule has 0 amide bonds. The summed E-state index contributed by atoms with van der Waals surface area (Å²) in [6, 6.07) is 0. The summed E-state index contributed by atoms with van der Waals surface area (Å²) in [7, 11) is 2.10. The summed E-state index contributed by atoms with van der Waals surface area (Å²) >= 11 is 0. The zero-order valence-electron chi connectivity index (χ0n) is 11.1. The lowest BCUT2D eigenvalue weighted by molar-refractivity contribution is -0.152. The van der Waals surface area contributed by atoms with Crippen LogP contribution in [0.15, 0.2) is 0 Å². The van der Waals surface area contributed by atoms with Gasteiger partial charge in [0.1, 0.15) is 11.7 Å². The Balaban J connectivity index is 2.49. The van der Waals surface area contributed by atoms with E-state index in [1.807, 2.05) is 0 Å². The second-order valence-corrected chi connectivity index (χ2v) is 4.90. The van der Waals surface area contributed by atoms with E-state index in [2.05, 4.69) is 11.9 Å². The average molecular weight is 241 g/mol. The summed E-state index contributed by atoms with van der Waals surface area (Å²) < 4.78 is 4.96. The molecule has 0 aromatic rings. The van der Waals surface area contributed by atoms with E-state index in [0.717, 1.165) is 25.9 Å². The SMILES string of the molecule is CCOC(=O)C(CC1CCN(C)CC1)C(C)=O. The predicted octanol–water partition coefficient (Wildman–Crippen LogP) is 1.49. The highest BCUT2D eigenvalue weighted by Crippen LogP contribution is 2.24. The molecule has 1 aliphatic rings. The molecule has 1 fully saturated rings. The monoisotopic (exact) mass is 241 g/mol. The Morgan fingerprint density at radius 2 is 1.94 bits per heavy atom. The van der Waals surface area contributed by atoms with Crippen molar-refractivity contribution >= 4 is 11.8 Å². The summed E-state index contributed by atoms with van der Waals surface area (Å²) in [5, 5.41) is 0. The van der Waals surface area contributed by atoms with Gasteiger partial charge in [-0.05, 0) is 59.2 Å². The van der Waals surface area contributed by atoms with Gasteiger partial charge in [-0.2, -0.15) is 0 Å². The van der Waals surface area contributed by atoms with Gasteiger partial charge in [-0.1, -0.05) is 0 Å². The summed E-state index contributed by atoms with van der Waals surface area (Å²) in [6.07, 6.45) is 2.79. The number of nitrogens with zero attached hydrogens (tertiary/aromatic N) is 1. The van der Waals surface area contributed by atoms with Crippen LogP contribution in [0.5, 0.6) is 0 Å². The zero-order chi connectivity index (χ0) is 12.8. The maximum Gasteiger partial charge on any atom is 0.316 e. The van der Waals surface area contributed by atoms with Crippen LogP contribution in [0.25, 0.3) is 0 Å². The smallest absolute Gasteiger partial charge is 0.316 e. The van der Waals surface area contributed by atoms with E-state index >= 15 is 0 Å². The van der Waals surface area contributed by atoms with Gasteiger partial charge in [0, 0.05) is 0 Å². The standard InChI is InChI=1S/C13H23NO3/c1-4-17-13(16)12(10(2)15)9-11-5-7-14(3)8-6-11/h11-12H,4-9H2,1-3H3. The first-order chi connectivity index (χ1) is 8.04. The van der Waals surface area contributed by atoms with E-state index < -0.39 is 5.92 Å². The fraction of sp³-hybridized carbons (Fsp3) is 0.846. The molecule has 98 valence electrons. The largest absolute Gasteiger partial charge is 0.465 e. The Kier molecular flexibility index (Phi) is 5.62. The molecule has 1 heterocycles. The Labute approximate surface area is 103 Å². The Bertz CT molecular complexity index is 270. The van der Waals surface area contributed by atoms with Gasteiger partial charge in [0.2, 0.25) is 0 Å². The number of ketones is 1. The summed E-state index contributed by atoms with van der Waals surface area (Å²) in [6.45, 7) is 5.70. The number of likely N-dealkylation sites (tertiary alicyclic amines) is 1. The molecule has 0 spiro atoms. The predicted molar refractivity (Wildman–Crippen MR) is 65.6 cm³/mol. The summed E-state index contributed by atoms with van der Waals surface area (Å²) in [5.41, 5.74) is 0. The van der Waals surface area contributed by atoms with Crippen molar-refractivity contribution in [3.05, 3.63) is 0 Å². The maximum absolute atomic E-state index is 11.7. The van der Waals surface area contributed by atoms with Crippen molar-refractivity contribution in [2.24, 2.45) is 11.8 Å². The molecule has 0 N–H and O–H groups in total. The van der Waals surface area contributed by atoms with E-state index in [-0.39, 0.29) is 11.8 Å². The van der Waals surface area contributed by atoms with E-state index in [9.17, 15) is 9.59 Å². The molecule has 4 nitrogen and oxygen atoms in total. The molecule has 1 rings (SSSR count). The molecule has 0 bridgehead atoms. The number of carbonyl (C=O) groups excluding carboxylic acids is 2. The molecule has 0 aliphatic carbocycles. The number of piperidine rings is 1. The normalized spacial score (nSPS) is 19.9. The number of ether oxygens (including phenoxy) is 1. The number of hydrogen-bond donors (Lipinski definition) is 0. The van der Waals surface area contributed by atoms with Crippen LogP contribution in [-0.4, -0.2) is 43.4 Å². The van der Waals surface area contributed by atoms with E-state index in [0.29, 0.717) is 18.9 Å². The molecule has 1 atom stereocenters. The second-order valence-electron chi connectivity index (χ2n) is 4.90. The highest BCUT2D eigenvalue weighted by molar-refractivity contribution is 5.97. The number of hydrogen-bond acceptors (Lipinski definition) is 4. The zero-order valence-corrected chi connectivity index (χ0v) is 11.1. The van der Waals surface area contributed by atoms with Crippen LogP contribution in [-0.2, 0) is 14.3 Å². The molecule has 0 aromatic heterocycles. The van der Waals surface area contributed by atoms with Gasteiger partial charge < -0.3 is 9.64 Å². The van der Waals surface area contributed by atoms with E-state index in [1.54, 1.807) is 6.92 Å². The van der Waals surface area contributed by atoms with Gasteiger partial charge in [0.25, 0.3) is 0 Å². The van der Waals surface area contributed by atoms with Crippen molar-refractivity contribution in [1.82, 2.24) is 4.90 Å². The van der Waals surface area contributed by atoms with Crippen molar-refractivity contribution in [2.45, 2.75) is 33.1 Å². The molecule has 0 aromatic carbocycles. The maximum atomic E-state index is 11.7. The first kappa shape index (κ1) is 14.2. The third-order valence-electron chi connectivity index (χ3n) is 3.47. The summed E-state index contributed by atoms with van der Waals surface area (Å²) in [5.74, 6) is -0.492. The minimum absolute atomic E-state index is 0.0672. The third-order valence-corrected chi connectivity index (χ3v) is 3.47. The average Bonchev–Trinajstić information content (AvgIpc) is 2.28. The minimum atomic E-state index is -0.552. The van der Waals surface area contributed by atoms with E-state index in [4.69, 9.17) is 4.74 Å². The molecule has 4 heteroatoms. The van der Waals surface area contributed by atoms with Crippen molar-refractivity contribution in [1.29, 1.82) is 0 Å². The molecule has 1 aliphatic heterocycles. The van der Waals surface area contributed by atoms with Gasteiger partial charge in [-0.3, -0.25) is 9.59 Å². The molecule has 1 saturated heterocycles. The first-order valence-electron chi connectivity index (χ1n) is 6.40. The van der Waals surface area contributed by atoms with Gasteiger partial charge >= 0.3 is 5.97 Å². The lowest BCUT2D eigenvalue weighted by atomic mass is 9.85. The van der Waals surface area contributed by atoms with Crippen molar-refractivity contribution in [3.8, 4) is 0 Å². The molecule has 0 radical (unpaired) electrons. The number of carbonyl (C=O) groups is 2. The Morgan fingerprint density at radius 1 is 1.35 bits per heavy atom. The Morgan fingerprint density at radius 3 is 2.41 bits per heavy atom. The van der Waals surface area contributed by atoms with Crippen molar-refractivity contribution in [3.63, 3.8) is 0 Å². The number of rotatable bonds is 5. The van der Waals surface area contributed by atoms with Gasteiger partial charge in [0.15, 0.2) is 0 Å². The van der Waals surface area contributed by atoms with Crippen molar-refractivity contribution < 1.29 is 14.3 Å². The fourth-order valence-electron chi connectivity index (χ4n) is 2.30. The van der Waals surface area contributed by atoms with Crippen LogP contribution in [0.1, 0.15) is 33.1 Å². The lowest BCUT2D eigenvalue weighted by Crippen LogP contribution is -2.33. The molecular formula is C13H23NO3. The summed E-state index contributed by atoms with van der Waals surface area (Å²) in [4.78, 5) is 25.4. The molecule has 17 heavy (non-hydrogen) atoms. The van der Waals surface area contributed by atoms with Crippen LogP contribution in [0.3, 0.4) is 0 Å². The van der Waals surface area contributed by atoms with Gasteiger partial charge in [-0.15, -0.1) is 0 Å². The number of Topliss-reactive ketones (excluding diaryl/α,β-unsaturated/α-hetero) is 1. The second kappa shape index (κ2) is 6.74. The van der Waals surface area contributed by atoms with Gasteiger partial charge in [-0.25, -0.2) is 0 Å². The molecule has 0 saturated carbocycles. The molecule has 1 unspecified atom stereocenters. The first-order valence-corrected chi connectivity index (χ1v) is 6.40. The van der Waals surface area contributed by atoms with Crippen LogP contribution < -0.4 is 0 Å². The minimum Gasteiger partial charge on any atom is -0.465 e.